The van der Waals surface area contributed by atoms with Gasteiger partial charge in [0.05, 0.1) is 0 Å². The van der Waals surface area contributed by atoms with Gasteiger partial charge in [-0.25, -0.2) is 0 Å². The molecule has 1 unspecified atom stereocenters. The molecule has 0 spiro atoms. The molecular weight excluding hydrogens is 478 g/mol. The van der Waals surface area contributed by atoms with Crippen LogP contribution in [0.25, 0.3) is 0 Å². The van der Waals surface area contributed by atoms with Crippen LogP contribution in [0.15, 0.2) is 56.3 Å². The van der Waals surface area contributed by atoms with Crippen LogP contribution in [0.1, 0.15) is 16.4 Å². The summed E-state index contributed by atoms with van der Waals surface area (Å²) in [6.07, 6.45) is 1.50. The summed E-state index contributed by atoms with van der Waals surface area (Å²) in [5.41, 5.74) is -0.00584. The first-order valence-corrected chi connectivity index (χ1v) is 10.1. The van der Waals surface area contributed by atoms with Crippen molar-refractivity contribution in [2.24, 2.45) is 0 Å². The van der Waals surface area contributed by atoms with Crippen molar-refractivity contribution in [1.29, 1.82) is 0 Å². The second-order valence-corrected chi connectivity index (χ2v) is 8.33. The standard InChI is InChI=1S/C19H19Br2N3O3/c1-22-8-10-23(11-9-22)19(27)17(24-12-15(21)6-7-16(24)25)18(26)13-2-4-14(20)5-3-13/h2-7,12,17H,8-11H2,1H3. The number of rotatable bonds is 4. The molecule has 1 aromatic carbocycles. The van der Waals surface area contributed by atoms with Crippen LogP contribution in [0.5, 0.6) is 0 Å². The molecule has 1 amide bonds. The number of Topliss-reactive ketones (excluding diaryl/α,β-unsaturated/α-hetero) is 1. The Kier molecular flexibility index (Phi) is 6.29. The summed E-state index contributed by atoms with van der Waals surface area (Å²) in [5, 5.41) is 0. The molecule has 1 aromatic heterocycles. The van der Waals surface area contributed by atoms with E-state index in [1.54, 1.807) is 35.2 Å². The topological polar surface area (TPSA) is 62.6 Å². The van der Waals surface area contributed by atoms with Gasteiger partial charge in [-0.2, -0.15) is 0 Å². The second kappa shape index (κ2) is 8.50. The number of amides is 1. The highest BCUT2D eigenvalue weighted by molar-refractivity contribution is 9.10. The number of carbonyl (C=O) groups excluding carboxylic acids is 2. The molecule has 0 radical (unpaired) electrons. The quantitative estimate of drug-likeness (QED) is 0.482. The average Bonchev–Trinajstić information content (AvgIpc) is 2.65. The predicted molar refractivity (Wildman–Crippen MR) is 110 cm³/mol. The third kappa shape index (κ3) is 4.56. The van der Waals surface area contributed by atoms with E-state index in [0.29, 0.717) is 23.1 Å². The summed E-state index contributed by atoms with van der Waals surface area (Å²) in [6, 6.07) is 8.52. The summed E-state index contributed by atoms with van der Waals surface area (Å²) < 4.78 is 2.68. The zero-order valence-electron chi connectivity index (χ0n) is 14.8. The van der Waals surface area contributed by atoms with E-state index in [-0.39, 0.29) is 5.91 Å². The first-order chi connectivity index (χ1) is 12.9. The molecule has 1 aliphatic heterocycles. The highest BCUT2D eigenvalue weighted by Crippen LogP contribution is 2.21. The van der Waals surface area contributed by atoms with Crippen molar-refractivity contribution >= 4 is 43.6 Å². The zero-order chi connectivity index (χ0) is 19.6. The van der Waals surface area contributed by atoms with Crippen molar-refractivity contribution in [2.45, 2.75) is 6.04 Å². The van der Waals surface area contributed by atoms with Crippen molar-refractivity contribution in [3.8, 4) is 0 Å². The van der Waals surface area contributed by atoms with E-state index in [1.807, 2.05) is 7.05 Å². The van der Waals surface area contributed by atoms with Gasteiger partial charge < -0.3 is 9.80 Å². The summed E-state index contributed by atoms with van der Waals surface area (Å²) in [7, 11) is 1.99. The van der Waals surface area contributed by atoms with Gasteiger partial charge in [0.2, 0.25) is 0 Å². The monoisotopic (exact) mass is 495 g/mol. The maximum Gasteiger partial charge on any atom is 0.253 e. The van der Waals surface area contributed by atoms with Gasteiger partial charge in [-0.3, -0.25) is 19.0 Å². The maximum absolute atomic E-state index is 13.3. The number of hydrogen-bond acceptors (Lipinski definition) is 4. The fourth-order valence-corrected chi connectivity index (χ4v) is 3.62. The number of nitrogens with zero attached hydrogens (tertiary/aromatic N) is 3. The van der Waals surface area contributed by atoms with E-state index in [9.17, 15) is 14.4 Å². The second-order valence-electron chi connectivity index (χ2n) is 6.50. The lowest BCUT2D eigenvalue weighted by molar-refractivity contribution is -0.135. The number of carbonyl (C=O) groups is 2. The Labute approximate surface area is 174 Å². The fraction of sp³-hybridized carbons (Fsp3) is 0.316. The van der Waals surface area contributed by atoms with Crippen LogP contribution in [0, 0.1) is 0 Å². The lowest BCUT2D eigenvalue weighted by atomic mass is 10.0. The van der Waals surface area contributed by atoms with Gasteiger partial charge in [-0.15, -0.1) is 0 Å². The third-order valence-corrected chi connectivity index (χ3v) is 5.60. The average molecular weight is 497 g/mol. The van der Waals surface area contributed by atoms with Crippen molar-refractivity contribution < 1.29 is 9.59 Å². The number of halogens is 2. The fourth-order valence-electron chi connectivity index (χ4n) is 3.01. The number of likely N-dealkylation sites (N-methyl/N-ethyl adjacent to an activating group) is 1. The number of aromatic nitrogens is 1. The van der Waals surface area contributed by atoms with Gasteiger partial charge in [0.1, 0.15) is 0 Å². The van der Waals surface area contributed by atoms with Gasteiger partial charge in [-0.05, 0) is 41.2 Å². The zero-order valence-corrected chi connectivity index (χ0v) is 17.9. The molecule has 0 saturated carbocycles. The summed E-state index contributed by atoms with van der Waals surface area (Å²) in [4.78, 5) is 42.7. The maximum atomic E-state index is 13.3. The highest BCUT2D eigenvalue weighted by Gasteiger charge is 2.34. The van der Waals surface area contributed by atoms with E-state index in [0.717, 1.165) is 17.6 Å². The molecule has 2 aromatic rings. The lowest BCUT2D eigenvalue weighted by Gasteiger charge is -2.34. The van der Waals surface area contributed by atoms with Gasteiger partial charge in [0.15, 0.2) is 11.8 Å². The molecule has 0 bridgehead atoms. The molecule has 27 heavy (non-hydrogen) atoms. The molecule has 1 aliphatic rings. The van der Waals surface area contributed by atoms with Gasteiger partial charge in [0, 0.05) is 53.0 Å². The van der Waals surface area contributed by atoms with E-state index in [4.69, 9.17) is 0 Å². The first-order valence-electron chi connectivity index (χ1n) is 8.51. The Hall–Kier alpha value is -1.77. The minimum atomic E-state index is -1.22. The van der Waals surface area contributed by atoms with Crippen LogP contribution in [-0.2, 0) is 4.79 Å². The van der Waals surface area contributed by atoms with Crippen molar-refractivity contribution in [2.75, 3.05) is 33.2 Å². The van der Waals surface area contributed by atoms with Crippen LogP contribution in [0.2, 0.25) is 0 Å². The lowest BCUT2D eigenvalue weighted by Crippen LogP contribution is -2.51. The normalized spacial score (nSPS) is 16.2. The molecule has 3 rings (SSSR count). The van der Waals surface area contributed by atoms with Gasteiger partial charge >= 0.3 is 0 Å². The number of benzene rings is 1. The minimum absolute atomic E-state index is 0.351. The molecule has 0 aliphatic carbocycles. The Morgan fingerprint density at radius 1 is 0.926 bits per heavy atom. The number of ketones is 1. The number of pyridine rings is 1. The van der Waals surface area contributed by atoms with E-state index in [1.165, 1.54) is 16.8 Å². The van der Waals surface area contributed by atoms with Crippen LogP contribution in [0.3, 0.4) is 0 Å². The highest BCUT2D eigenvalue weighted by atomic mass is 79.9. The molecular formula is C19H19Br2N3O3. The van der Waals surface area contributed by atoms with Crippen molar-refractivity contribution in [3.63, 3.8) is 0 Å². The molecule has 1 saturated heterocycles. The largest absolute Gasteiger partial charge is 0.338 e. The van der Waals surface area contributed by atoms with Crippen LogP contribution < -0.4 is 5.56 Å². The molecule has 142 valence electrons. The summed E-state index contributed by atoms with van der Waals surface area (Å²) in [6.45, 7) is 2.53. The van der Waals surface area contributed by atoms with E-state index < -0.39 is 17.4 Å². The Morgan fingerprint density at radius 3 is 2.15 bits per heavy atom. The smallest absolute Gasteiger partial charge is 0.253 e. The minimum Gasteiger partial charge on any atom is -0.338 e. The molecule has 8 heteroatoms. The van der Waals surface area contributed by atoms with Crippen LogP contribution in [0.4, 0.5) is 0 Å². The van der Waals surface area contributed by atoms with Gasteiger partial charge in [0.25, 0.3) is 11.5 Å². The third-order valence-electron chi connectivity index (χ3n) is 4.61. The number of hydrogen-bond donors (Lipinski definition) is 0. The Bertz CT molecular complexity index is 903. The first kappa shape index (κ1) is 20.0. The number of piperazine rings is 1. The van der Waals surface area contributed by atoms with Crippen molar-refractivity contribution in [3.05, 3.63) is 67.5 Å². The molecule has 1 atom stereocenters. The van der Waals surface area contributed by atoms with E-state index in [2.05, 4.69) is 36.8 Å². The van der Waals surface area contributed by atoms with E-state index >= 15 is 0 Å². The summed E-state index contributed by atoms with van der Waals surface area (Å²) >= 11 is 6.67. The van der Waals surface area contributed by atoms with Crippen LogP contribution >= 0.6 is 31.9 Å². The van der Waals surface area contributed by atoms with Crippen LogP contribution in [-0.4, -0.2) is 59.3 Å². The van der Waals surface area contributed by atoms with Gasteiger partial charge in [-0.1, -0.05) is 28.1 Å². The van der Waals surface area contributed by atoms with Crippen molar-refractivity contribution in [1.82, 2.24) is 14.4 Å². The molecule has 0 N–H and O–H groups in total. The SMILES string of the molecule is CN1CCN(C(=O)C(C(=O)c2ccc(Br)cc2)n2cc(Br)ccc2=O)CC1. The predicted octanol–water partition coefficient (Wildman–Crippen LogP) is 2.57. The Balaban J connectivity index is 2.02. The molecule has 2 heterocycles. The molecule has 6 nitrogen and oxygen atoms in total. The summed E-state index contributed by atoms with van der Waals surface area (Å²) in [5.74, 6) is -0.747. The molecule has 1 fully saturated rings. The Morgan fingerprint density at radius 2 is 1.52 bits per heavy atom.